The number of ether oxygens (including phenoxy) is 1. The summed E-state index contributed by atoms with van der Waals surface area (Å²) in [6, 6.07) is 19.7. The summed E-state index contributed by atoms with van der Waals surface area (Å²) in [4.78, 5) is 100. The first-order valence-electron chi connectivity index (χ1n) is 25.5. The van der Waals surface area contributed by atoms with E-state index in [0.29, 0.717) is 63.1 Å². The number of nitrogens with one attached hydrogen (secondary N) is 6. The van der Waals surface area contributed by atoms with Crippen LogP contribution in [-0.4, -0.2) is 149 Å². The third-order valence-corrected chi connectivity index (χ3v) is 14.8. The molecule has 8 N–H and O–H groups in total. The molecule has 0 spiro atoms. The molecule has 2 heterocycles. The van der Waals surface area contributed by atoms with Gasteiger partial charge in [0.15, 0.2) is 0 Å². The fraction of sp³-hybridized carbons (Fsp3) is 0.556. The van der Waals surface area contributed by atoms with Crippen LogP contribution < -0.4 is 31.9 Å². The average Bonchev–Trinajstić information content (AvgIpc) is 4.04. The fourth-order valence-electron chi connectivity index (χ4n) is 8.58. The van der Waals surface area contributed by atoms with Crippen LogP contribution in [0.5, 0.6) is 0 Å². The molecule has 3 aromatic rings. The molecule has 1 unspecified atom stereocenters. The number of aliphatic carboxylic acids is 2. The second-order valence-corrected chi connectivity index (χ2v) is 21.0. The third kappa shape index (κ3) is 20.2. The van der Waals surface area contributed by atoms with Gasteiger partial charge in [0.05, 0.1) is 19.2 Å². The van der Waals surface area contributed by atoms with Crippen molar-refractivity contribution < 1.29 is 53.3 Å². The summed E-state index contributed by atoms with van der Waals surface area (Å²) in [5, 5.41) is 38.1. The van der Waals surface area contributed by atoms with Crippen molar-refractivity contribution in [3.63, 3.8) is 0 Å². The van der Waals surface area contributed by atoms with Gasteiger partial charge in [-0.25, -0.2) is 9.59 Å². The van der Waals surface area contributed by atoms with E-state index in [4.69, 9.17) is 4.74 Å². The highest BCUT2D eigenvalue weighted by Crippen LogP contribution is 2.22. The SMILES string of the molecule is CC[C@H](C)[C@@H](CN(CC(=O)N[C@@H](CCSC)C(=O)O)Cc1cccc2ccccc12)NC(=O)[C@H]1CCC(=O)N1.CC[C@H](C)[C@@H](COC(Cc1ccccc1)C(=O)N[C@@H](CCSC)C(=O)O)NC(=O)[C@@H]1CCC(=O)N1. The molecule has 406 valence electrons. The van der Waals surface area contributed by atoms with Crippen LogP contribution in [0.4, 0.5) is 0 Å². The first-order chi connectivity index (χ1) is 35.5. The predicted molar refractivity (Wildman–Crippen MR) is 289 cm³/mol. The van der Waals surface area contributed by atoms with Crippen molar-refractivity contribution in [2.75, 3.05) is 43.7 Å². The summed E-state index contributed by atoms with van der Waals surface area (Å²) in [6.07, 6.45) is 6.91. The lowest BCUT2D eigenvalue weighted by Crippen LogP contribution is -2.53. The molecule has 2 aliphatic heterocycles. The van der Waals surface area contributed by atoms with E-state index in [9.17, 15) is 48.6 Å². The van der Waals surface area contributed by atoms with Gasteiger partial charge < -0.3 is 46.9 Å². The topological polar surface area (TPSA) is 262 Å². The van der Waals surface area contributed by atoms with Gasteiger partial charge in [-0.15, -0.1) is 0 Å². The first-order valence-corrected chi connectivity index (χ1v) is 28.3. The molecular formula is C54H77N7O11S2. The molecule has 2 aliphatic rings. The van der Waals surface area contributed by atoms with Gasteiger partial charge in [0.2, 0.25) is 35.4 Å². The number of carboxylic acids is 2. The molecule has 5 rings (SSSR count). The van der Waals surface area contributed by atoms with Crippen LogP contribution >= 0.6 is 23.5 Å². The Balaban J connectivity index is 0.000000323. The third-order valence-electron chi connectivity index (χ3n) is 13.5. The van der Waals surface area contributed by atoms with E-state index >= 15 is 0 Å². The van der Waals surface area contributed by atoms with Crippen LogP contribution in [0.3, 0.4) is 0 Å². The maximum Gasteiger partial charge on any atom is 0.326 e. The quantitative estimate of drug-likeness (QED) is 0.0457. The molecule has 6 amide bonds. The Labute approximate surface area is 443 Å². The first kappa shape index (κ1) is 60.9. The zero-order valence-electron chi connectivity index (χ0n) is 43.6. The van der Waals surface area contributed by atoms with Crippen LogP contribution in [0.15, 0.2) is 72.8 Å². The Bertz CT molecular complexity index is 2320. The minimum atomic E-state index is -1.09. The van der Waals surface area contributed by atoms with Crippen molar-refractivity contribution >= 4 is 81.7 Å². The van der Waals surface area contributed by atoms with Gasteiger partial charge in [-0.3, -0.25) is 33.7 Å². The Hall–Kier alpha value is -5.70. The Morgan fingerprint density at radius 3 is 1.77 bits per heavy atom. The average molecular weight is 1060 g/mol. The van der Waals surface area contributed by atoms with Crippen molar-refractivity contribution in [2.24, 2.45) is 11.8 Å². The van der Waals surface area contributed by atoms with Crippen molar-refractivity contribution in [3.8, 4) is 0 Å². The van der Waals surface area contributed by atoms with Gasteiger partial charge in [0.1, 0.15) is 30.3 Å². The number of fused-ring (bicyclic) bond motifs is 1. The van der Waals surface area contributed by atoms with E-state index in [1.807, 2.05) is 111 Å². The van der Waals surface area contributed by atoms with Crippen molar-refractivity contribution in [1.82, 2.24) is 36.8 Å². The van der Waals surface area contributed by atoms with Gasteiger partial charge in [0.25, 0.3) is 0 Å². The molecule has 0 aliphatic carbocycles. The zero-order valence-corrected chi connectivity index (χ0v) is 45.2. The number of carboxylic acid groups (broad SMARTS) is 2. The van der Waals surface area contributed by atoms with Gasteiger partial charge in [-0.2, -0.15) is 23.5 Å². The van der Waals surface area contributed by atoms with E-state index in [0.717, 1.165) is 34.7 Å². The van der Waals surface area contributed by atoms with Gasteiger partial charge in [0, 0.05) is 38.4 Å². The van der Waals surface area contributed by atoms with E-state index in [2.05, 4.69) is 38.8 Å². The zero-order chi connectivity index (χ0) is 54.2. The Morgan fingerprint density at radius 2 is 1.23 bits per heavy atom. The maximum absolute atomic E-state index is 13.1. The summed E-state index contributed by atoms with van der Waals surface area (Å²) >= 11 is 3.04. The fourth-order valence-corrected chi connectivity index (χ4v) is 9.52. The van der Waals surface area contributed by atoms with Crippen LogP contribution in [0, 0.1) is 11.8 Å². The predicted octanol–water partition coefficient (Wildman–Crippen LogP) is 4.52. The summed E-state index contributed by atoms with van der Waals surface area (Å²) in [7, 11) is 0. The molecule has 20 heteroatoms. The van der Waals surface area contributed by atoms with Crippen LogP contribution in [-0.2, 0) is 56.1 Å². The van der Waals surface area contributed by atoms with Crippen molar-refractivity contribution in [1.29, 1.82) is 0 Å². The van der Waals surface area contributed by atoms with E-state index in [1.165, 1.54) is 23.5 Å². The second kappa shape index (κ2) is 31.9. The lowest BCUT2D eigenvalue weighted by atomic mass is 9.97. The number of carbonyl (C=O) groups is 8. The highest BCUT2D eigenvalue weighted by molar-refractivity contribution is 7.98. The Kier molecular flexibility index (Phi) is 26.2. The molecular weight excluding hydrogens is 987 g/mol. The molecule has 9 atom stereocenters. The summed E-state index contributed by atoms with van der Waals surface area (Å²) < 4.78 is 6.05. The normalized spacial score (nSPS) is 18.0. The summed E-state index contributed by atoms with van der Waals surface area (Å²) in [5.41, 5.74) is 1.91. The minimum Gasteiger partial charge on any atom is -0.480 e. The number of benzene rings is 3. The second-order valence-electron chi connectivity index (χ2n) is 19.1. The molecule has 18 nitrogen and oxygen atoms in total. The Morgan fingerprint density at radius 1 is 0.703 bits per heavy atom. The standard InChI is InChI=1S/C29H40N4O5S.C25H37N3O6S/c1-4-19(2)25(32-28(36)23-12-13-26(34)30-23)17-33(18-27(35)31-24(29(37)38)14-15-39-3)16-21-10-7-9-20-8-5-6-11-22(20)21;1-4-16(2)20(28-23(30)18-10-11-22(29)26-18)15-34-21(14-17-8-6-5-7-9-17)24(31)27-19(25(32)33)12-13-35-3/h5-11,19,23-25H,4,12-18H2,1-3H3,(H,30,34)(H,31,35)(H,32,36)(H,37,38);5-9,16,18-21H,4,10-15H2,1-3H3,(H,26,29)(H,27,31)(H,28,30)(H,32,33)/t19-,23+,24-,25+;16-,18-,19-,20+,21?/m00/s1. The molecule has 74 heavy (non-hydrogen) atoms. The number of amides is 6. The van der Waals surface area contributed by atoms with Crippen molar-refractivity contribution in [2.45, 2.75) is 134 Å². The molecule has 0 saturated carbocycles. The molecule has 0 bridgehead atoms. The van der Waals surface area contributed by atoms with Crippen LogP contribution in [0.25, 0.3) is 10.8 Å². The smallest absolute Gasteiger partial charge is 0.326 e. The van der Waals surface area contributed by atoms with E-state index in [-0.39, 0.29) is 73.0 Å². The number of hydrogen-bond donors (Lipinski definition) is 8. The highest BCUT2D eigenvalue weighted by Gasteiger charge is 2.33. The number of rotatable bonds is 30. The molecule has 2 fully saturated rings. The number of thioether (sulfide) groups is 2. The largest absolute Gasteiger partial charge is 0.480 e. The van der Waals surface area contributed by atoms with Gasteiger partial charge in [-0.1, -0.05) is 113 Å². The summed E-state index contributed by atoms with van der Waals surface area (Å²) in [6.45, 7) is 8.98. The van der Waals surface area contributed by atoms with Crippen LogP contribution in [0.1, 0.15) is 90.2 Å². The van der Waals surface area contributed by atoms with Crippen molar-refractivity contribution in [3.05, 3.63) is 83.9 Å². The molecule has 3 aromatic carbocycles. The summed E-state index contributed by atoms with van der Waals surface area (Å²) in [5.74, 6) is -2.38. The maximum atomic E-state index is 13.1. The number of carbonyl (C=O) groups excluding carboxylic acids is 6. The molecule has 2 saturated heterocycles. The lowest BCUT2D eigenvalue weighted by molar-refractivity contribution is -0.144. The molecule has 0 radical (unpaired) electrons. The molecule has 0 aromatic heterocycles. The number of nitrogens with zero attached hydrogens (tertiary/aromatic N) is 1. The van der Waals surface area contributed by atoms with Gasteiger partial charge >= 0.3 is 11.9 Å². The van der Waals surface area contributed by atoms with Crippen LogP contribution in [0.2, 0.25) is 0 Å². The lowest BCUT2D eigenvalue weighted by Gasteiger charge is -2.32. The van der Waals surface area contributed by atoms with E-state index in [1.54, 1.807) is 0 Å². The van der Waals surface area contributed by atoms with E-state index < -0.39 is 48.1 Å². The highest BCUT2D eigenvalue weighted by atomic mass is 32.2. The minimum absolute atomic E-state index is 0.0186. The monoisotopic (exact) mass is 1060 g/mol. The number of hydrogen-bond acceptors (Lipinski definition) is 12. The van der Waals surface area contributed by atoms with Gasteiger partial charge in [-0.05, 0) is 83.4 Å².